The largest absolute Gasteiger partial charge is 0.377 e. The Hall–Kier alpha value is -0.750. The van der Waals surface area contributed by atoms with Crippen molar-refractivity contribution in [3.05, 3.63) is 0 Å². The highest BCUT2D eigenvalue weighted by Gasteiger charge is 2.30. The van der Waals surface area contributed by atoms with E-state index in [1.54, 1.807) is 0 Å². The quantitative estimate of drug-likeness (QED) is 0.598. The molecule has 0 aromatic carbocycles. The minimum Gasteiger partial charge on any atom is -0.377 e. The van der Waals surface area contributed by atoms with Crippen molar-refractivity contribution in [2.24, 2.45) is 5.73 Å². The summed E-state index contributed by atoms with van der Waals surface area (Å²) in [4.78, 5) is 24.0. The van der Waals surface area contributed by atoms with Crippen LogP contribution in [0.5, 0.6) is 0 Å². The molecule has 1 rings (SSSR count). The monoisotopic (exact) mass is 218 g/mol. The second-order valence-corrected chi connectivity index (χ2v) is 3.50. The Kier molecular flexibility index (Phi) is 4.21. The number of carbonyl (C=O) groups is 2. The van der Waals surface area contributed by atoms with Crippen molar-refractivity contribution >= 4 is 24.4 Å². The molecule has 0 aliphatic carbocycles. The Bertz CT molecular complexity index is 235. The second-order valence-electron chi connectivity index (χ2n) is 3.05. The SMILES string of the molecule is NC(=O)C1COCCN1C(=O)CCS. The van der Waals surface area contributed by atoms with Crippen LogP contribution in [-0.2, 0) is 14.3 Å². The first-order valence-electron chi connectivity index (χ1n) is 4.44. The van der Waals surface area contributed by atoms with E-state index < -0.39 is 11.9 Å². The smallest absolute Gasteiger partial charge is 0.242 e. The van der Waals surface area contributed by atoms with Gasteiger partial charge in [0.2, 0.25) is 11.8 Å². The Morgan fingerprint density at radius 3 is 2.86 bits per heavy atom. The number of nitrogens with two attached hydrogens (primary N) is 1. The van der Waals surface area contributed by atoms with Gasteiger partial charge in [0.25, 0.3) is 0 Å². The molecule has 0 spiro atoms. The van der Waals surface area contributed by atoms with Crippen LogP contribution in [0.15, 0.2) is 0 Å². The summed E-state index contributed by atoms with van der Waals surface area (Å²) in [5, 5.41) is 0. The van der Waals surface area contributed by atoms with Crippen molar-refractivity contribution < 1.29 is 14.3 Å². The molecule has 1 atom stereocenters. The molecule has 2 N–H and O–H groups in total. The Balaban J connectivity index is 2.62. The number of carbonyl (C=O) groups excluding carboxylic acids is 2. The topological polar surface area (TPSA) is 72.6 Å². The van der Waals surface area contributed by atoms with Crippen LogP contribution in [0.2, 0.25) is 0 Å². The molecule has 1 heterocycles. The lowest BCUT2D eigenvalue weighted by Crippen LogP contribution is -2.54. The van der Waals surface area contributed by atoms with Gasteiger partial charge in [-0.3, -0.25) is 9.59 Å². The van der Waals surface area contributed by atoms with Crippen LogP contribution < -0.4 is 5.73 Å². The van der Waals surface area contributed by atoms with E-state index >= 15 is 0 Å². The first-order valence-corrected chi connectivity index (χ1v) is 5.07. The van der Waals surface area contributed by atoms with Crippen molar-refractivity contribution in [1.82, 2.24) is 4.90 Å². The second kappa shape index (κ2) is 5.21. The molecular formula is C8H14N2O3S. The lowest BCUT2D eigenvalue weighted by molar-refractivity contribution is -0.146. The number of nitrogens with zero attached hydrogens (tertiary/aromatic N) is 1. The maximum absolute atomic E-state index is 11.5. The number of morpholine rings is 1. The van der Waals surface area contributed by atoms with Gasteiger partial charge in [0.1, 0.15) is 6.04 Å². The summed E-state index contributed by atoms with van der Waals surface area (Å²) in [5.41, 5.74) is 5.16. The molecule has 80 valence electrons. The standard InChI is InChI=1S/C8H14N2O3S/c9-8(12)6-5-13-3-2-10(6)7(11)1-4-14/h6,14H,1-5H2,(H2,9,12). The van der Waals surface area contributed by atoms with Crippen LogP contribution in [0, 0.1) is 0 Å². The van der Waals surface area contributed by atoms with Crippen LogP contribution in [0.3, 0.4) is 0 Å². The molecule has 0 saturated carbocycles. The molecule has 14 heavy (non-hydrogen) atoms. The first kappa shape index (κ1) is 11.3. The van der Waals surface area contributed by atoms with Crippen LogP contribution in [0.4, 0.5) is 0 Å². The number of primary amides is 1. The van der Waals surface area contributed by atoms with Crippen molar-refractivity contribution in [2.75, 3.05) is 25.5 Å². The normalized spacial score (nSPS) is 22.1. The summed E-state index contributed by atoms with van der Waals surface area (Å²) >= 11 is 3.97. The predicted molar refractivity (Wildman–Crippen MR) is 54.0 cm³/mol. The summed E-state index contributed by atoms with van der Waals surface area (Å²) in [5.74, 6) is -0.133. The maximum atomic E-state index is 11.5. The number of amides is 2. The van der Waals surface area contributed by atoms with E-state index in [2.05, 4.69) is 12.6 Å². The maximum Gasteiger partial charge on any atom is 0.242 e. The van der Waals surface area contributed by atoms with Gasteiger partial charge in [0.15, 0.2) is 0 Å². The van der Waals surface area contributed by atoms with Crippen molar-refractivity contribution in [3.63, 3.8) is 0 Å². The lowest BCUT2D eigenvalue weighted by atomic mass is 10.2. The Morgan fingerprint density at radius 2 is 2.29 bits per heavy atom. The molecule has 1 unspecified atom stereocenters. The molecule has 0 aromatic heterocycles. The van der Waals surface area contributed by atoms with Crippen LogP contribution in [0.1, 0.15) is 6.42 Å². The summed E-state index contributed by atoms with van der Waals surface area (Å²) < 4.78 is 5.09. The van der Waals surface area contributed by atoms with Crippen molar-refractivity contribution in [3.8, 4) is 0 Å². The van der Waals surface area contributed by atoms with Gasteiger partial charge >= 0.3 is 0 Å². The molecule has 0 aromatic rings. The van der Waals surface area contributed by atoms with Gasteiger partial charge in [0, 0.05) is 13.0 Å². The van der Waals surface area contributed by atoms with Crippen LogP contribution in [-0.4, -0.2) is 48.3 Å². The molecule has 0 radical (unpaired) electrons. The van der Waals surface area contributed by atoms with Gasteiger partial charge in [-0.05, 0) is 5.75 Å². The number of ether oxygens (including phenoxy) is 1. The van der Waals surface area contributed by atoms with Gasteiger partial charge in [-0.25, -0.2) is 0 Å². The molecule has 2 amide bonds. The third-order valence-electron chi connectivity index (χ3n) is 2.10. The summed E-state index contributed by atoms with van der Waals surface area (Å²) in [6.45, 7) is 1.09. The molecule has 6 heteroatoms. The Morgan fingerprint density at radius 1 is 1.57 bits per heavy atom. The average Bonchev–Trinajstić information content (AvgIpc) is 2.18. The summed E-state index contributed by atoms with van der Waals surface area (Å²) in [7, 11) is 0. The minimum absolute atomic E-state index is 0.0906. The zero-order valence-electron chi connectivity index (χ0n) is 7.81. The van der Waals surface area contributed by atoms with Gasteiger partial charge < -0.3 is 15.4 Å². The van der Waals surface area contributed by atoms with Gasteiger partial charge in [-0.15, -0.1) is 0 Å². The fraction of sp³-hybridized carbons (Fsp3) is 0.750. The van der Waals surface area contributed by atoms with Gasteiger partial charge in [-0.2, -0.15) is 12.6 Å². The zero-order valence-corrected chi connectivity index (χ0v) is 8.70. The summed E-state index contributed by atoms with van der Waals surface area (Å²) in [6, 6.07) is -0.615. The fourth-order valence-electron chi connectivity index (χ4n) is 1.38. The van der Waals surface area contributed by atoms with E-state index in [9.17, 15) is 9.59 Å². The number of hydrogen-bond donors (Lipinski definition) is 2. The molecular weight excluding hydrogens is 204 g/mol. The van der Waals surface area contributed by atoms with Crippen molar-refractivity contribution in [1.29, 1.82) is 0 Å². The number of thiol groups is 1. The van der Waals surface area contributed by atoms with E-state index in [1.807, 2.05) is 0 Å². The van der Waals surface area contributed by atoms with Crippen molar-refractivity contribution in [2.45, 2.75) is 12.5 Å². The van der Waals surface area contributed by atoms with Gasteiger partial charge in [0.05, 0.1) is 13.2 Å². The molecule has 1 aliphatic rings. The molecule has 1 saturated heterocycles. The number of hydrogen-bond acceptors (Lipinski definition) is 4. The lowest BCUT2D eigenvalue weighted by Gasteiger charge is -2.33. The Labute approximate surface area is 88.0 Å². The van der Waals surface area contributed by atoms with E-state index in [0.29, 0.717) is 25.3 Å². The molecule has 5 nitrogen and oxygen atoms in total. The third-order valence-corrected chi connectivity index (χ3v) is 2.33. The summed E-state index contributed by atoms with van der Waals surface area (Å²) in [6.07, 6.45) is 0.326. The van der Waals surface area contributed by atoms with E-state index in [1.165, 1.54) is 4.90 Å². The third kappa shape index (κ3) is 2.62. The number of rotatable bonds is 3. The minimum atomic E-state index is -0.615. The predicted octanol–water partition coefficient (Wildman–Crippen LogP) is -0.981. The van der Waals surface area contributed by atoms with Gasteiger partial charge in [-0.1, -0.05) is 0 Å². The van der Waals surface area contributed by atoms with E-state index in [-0.39, 0.29) is 12.5 Å². The first-order chi connectivity index (χ1) is 6.66. The average molecular weight is 218 g/mol. The molecule has 0 bridgehead atoms. The highest BCUT2D eigenvalue weighted by atomic mass is 32.1. The zero-order chi connectivity index (χ0) is 10.6. The van der Waals surface area contributed by atoms with E-state index in [0.717, 1.165) is 0 Å². The van der Waals surface area contributed by atoms with Crippen LogP contribution in [0.25, 0.3) is 0 Å². The highest BCUT2D eigenvalue weighted by Crippen LogP contribution is 2.08. The molecule has 1 fully saturated rings. The van der Waals surface area contributed by atoms with Crippen LogP contribution >= 0.6 is 12.6 Å². The van der Waals surface area contributed by atoms with E-state index in [4.69, 9.17) is 10.5 Å². The fourth-order valence-corrected chi connectivity index (χ4v) is 1.57. The molecule has 1 aliphatic heterocycles. The highest BCUT2D eigenvalue weighted by molar-refractivity contribution is 7.80.